The number of hydrogen-bond donors (Lipinski definition) is 1. The summed E-state index contributed by atoms with van der Waals surface area (Å²) in [6, 6.07) is 8.67. The second-order valence-electron chi connectivity index (χ2n) is 2.68. The number of aromatic hydroxyl groups is 1. The lowest BCUT2D eigenvalue weighted by Gasteiger charge is -1.98. The van der Waals surface area contributed by atoms with Crippen molar-refractivity contribution in [3.8, 4) is 11.8 Å². The average Bonchev–Trinajstić information content (AvgIpc) is 2.17. The number of phenolic OH excluding ortho intramolecular Hbond substituents is 1. The lowest BCUT2D eigenvalue weighted by atomic mass is 10.1. The fourth-order valence-corrected chi connectivity index (χ4v) is 1.20. The molecule has 1 N–H and O–H groups in total. The summed E-state index contributed by atoms with van der Waals surface area (Å²) >= 11 is 0. The molecule has 1 aromatic heterocycles. The molecule has 2 aromatic rings. The van der Waals surface area contributed by atoms with Crippen LogP contribution in [0.5, 0.6) is 5.75 Å². The molecule has 0 aliphatic heterocycles. The second kappa shape index (κ2) is 2.76. The number of hydrogen-bond acceptors (Lipinski definition) is 3. The van der Waals surface area contributed by atoms with Crippen molar-refractivity contribution in [1.82, 2.24) is 4.98 Å². The van der Waals surface area contributed by atoms with Crippen LogP contribution in [0, 0.1) is 11.3 Å². The fourth-order valence-electron chi connectivity index (χ4n) is 1.20. The van der Waals surface area contributed by atoms with E-state index in [1.807, 2.05) is 12.1 Å². The predicted octanol–water partition coefficient (Wildman–Crippen LogP) is 1.81. The maximum Gasteiger partial charge on any atom is 0.135 e. The minimum absolute atomic E-state index is 0.0197. The first-order valence-corrected chi connectivity index (χ1v) is 3.79. The Bertz CT molecular complexity index is 500. The molecule has 0 aliphatic carbocycles. The highest BCUT2D eigenvalue weighted by molar-refractivity contribution is 5.82. The molecule has 0 spiro atoms. The molecule has 3 heteroatoms. The van der Waals surface area contributed by atoms with E-state index >= 15 is 0 Å². The molecule has 0 saturated heterocycles. The first kappa shape index (κ1) is 7.56. The molecular weight excluding hydrogens is 164 g/mol. The van der Waals surface area contributed by atoms with E-state index in [-0.39, 0.29) is 11.3 Å². The highest BCUT2D eigenvalue weighted by Gasteiger charge is 2.02. The first-order valence-electron chi connectivity index (χ1n) is 3.79. The van der Waals surface area contributed by atoms with Crippen molar-refractivity contribution in [3.63, 3.8) is 0 Å². The molecule has 0 radical (unpaired) electrons. The van der Waals surface area contributed by atoms with Gasteiger partial charge in [-0.05, 0) is 12.1 Å². The van der Waals surface area contributed by atoms with Crippen LogP contribution >= 0.6 is 0 Å². The first-order chi connectivity index (χ1) is 6.31. The van der Waals surface area contributed by atoms with Crippen LogP contribution in [0.15, 0.2) is 30.5 Å². The third-order valence-electron chi connectivity index (χ3n) is 1.84. The maximum absolute atomic E-state index is 9.35. The van der Waals surface area contributed by atoms with Crippen molar-refractivity contribution in [2.45, 2.75) is 0 Å². The van der Waals surface area contributed by atoms with Gasteiger partial charge in [0.1, 0.15) is 11.8 Å². The molecule has 1 heterocycles. The van der Waals surface area contributed by atoms with Crippen LogP contribution in [-0.2, 0) is 0 Å². The van der Waals surface area contributed by atoms with Crippen LogP contribution in [-0.4, -0.2) is 10.1 Å². The van der Waals surface area contributed by atoms with E-state index < -0.39 is 0 Å². The van der Waals surface area contributed by atoms with Gasteiger partial charge in [0.05, 0.1) is 11.1 Å². The van der Waals surface area contributed by atoms with Crippen molar-refractivity contribution in [3.05, 3.63) is 36.0 Å². The van der Waals surface area contributed by atoms with Crippen LogP contribution < -0.4 is 0 Å². The Labute approximate surface area is 74.9 Å². The molecule has 62 valence electrons. The van der Waals surface area contributed by atoms with Crippen LogP contribution in [0.1, 0.15) is 5.56 Å². The normalized spacial score (nSPS) is 9.77. The predicted molar refractivity (Wildman–Crippen MR) is 48.1 cm³/mol. The van der Waals surface area contributed by atoms with Gasteiger partial charge in [-0.2, -0.15) is 5.26 Å². The summed E-state index contributed by atoms with van der Waals surface area (Å²) in [5, 5.41) is 18.9. The van der Waals surface area contributed by atoms with Crippen molar-refractivity contribution in [2.24, 2.45) is 0 Å². The fraction of sp³-hybridized carbons (Fsp3) is 0. The molecule has 0 saturated carbocycles. The van der Waals surface area contributed by atoms with Gasteiger partial charge in [0.25, 0.3) is 0 Å². The SMILES string of the molecule is N#Cc1cc2cccnc2cc1O. The summed E-state index contributed by atoms with van der Waals surface area (Å²) in [5.41, 5.74) is 0.972. The number of nitriles is 1. The standard InChI is InChI=1S/C10H6N2O/c11-6-8-4-7-2-1-3-12-9(7)5-10(8)13/h1-5,13H. The van der Waals surface area contributed by atoms with Gasteiger partial charge in [0.15, 0.2) is 0 Å². The molecule has 0 unspecified atom stereocenters. The van der Waals surface area contributed by atoms with Gasteiger partial charge in [-0.3, -0.25) is 4.98 Å². The van der Waals surface area contributed by atoms with Crippen LogP contribution in [0.25, 0.3) is 10.9 Å². The Morgan fingerprint density at radius 1 is 1.38 bits per heavy atom. The molecule has 3 nitrogen and oxygen atoms in total. The summed E-state index contributed by atoms with van der Waals surface area (Å²) in [7, 11) is 0. The molecule has 13 heavy (non-hydrogen) atoms. The van der Waals surface area contributed by atoms with Crippen LogP contribution in [0.3, 0.4) is 0 Å². The Morgan fingerprint density at radius 2 is 2.23 bits per heavy atom. The third-order valence-corrected chi connectivity index (χ3v) is 1.84. The molecular formula is C10H6N2O. The summed E-state index contributed by atoms with van der Waals surface area (Å²) in [5.74, 6) is -0.0197. The summed E-state index contributed by atoms with van der Waals surface area (Å²) in [4.78, 5) is 4.05. The van der Waals surface area contributed by atoms with Crippen LogP contribution in [0.4, 0.5) is 0 Å². The lowest BCUT2D eigenvalue weighted by molar-refractivity contribution is 0.474. The Hall–Kier alpha value is -2.08. The second-order valence-corrected chi connectivity index (χ2v) is 2.68. The Morgan fingerprint density at radius 3 is 3.00 bits per heavy atom. The Kier molecular flexibility index (Phi) is 1.60. The van der Waals surface area contributed by atoms with Crippen LogP contribution in [0.2, 0.25) is 0 Å². The molecule has 0 atom stereocenters. The lowest BCUT2D eigenvalue weighted by Crippen LogP contribution is -1.81. The van der Waals surface area contributed by atoms with Gasteiger partial charge in [0, 0.05) is 17.6 Å². The highest BCUT2D eigenvalue weighted by Crippen LogP contribution is 2.22. The smallest absolute Gasteiger partial charge is 0.135 e. The number of fused-ring (bicyclic) bond motifs is 1. The Balaban J connectivity index is 2.83. The molecule has 0 amide bonds. The molecule has 0 bridgehead atoms. The van der Waals surface area contributed by atoms with Gasteiger partial charge < -0.3 is 5.11 Å². The van der Waals surface area contributed by atoms with E-state index in [1.165, 1.54) is 6.07 Å². The minimum Gasteiger partial charge on any atom is -0.506 e. The molecule has 2 rings (SSSR count). The zero-order valence-corrected chi connectivity index (χ0v) is 6.73. The summed E-state index contributed by atoms with van der Waals surface area (Å²) in [6.07, 6.45) is 1.65. The van der Waals surface area contributed by atoms with Crippen molar-refractivity contribution >= 4 is 10.9 Å². The largest absolute Gasteiger partial charge is 0.506 e. The summed E-state index contributed by atoms with van der Waals surface area (Å²) in [6.45, 7) is 0. The van der Waals surface area contributed by atoms with Gasteiger partial charge in [-0.15, -0.1) is 0 Å². The van der Waals surface area contributed by atoms with Gasteiger partial charge >= 0.3 is 0 Å². The number of rotatable bonds is 0. The number of nitrogens with zero attached hydrogens (tertiary/aromatic N) is 2. The van der Waals surface area contributed by atoms with E-state index in [2.05, 4.69) is 4.98 Å². The van der Waals surface area contributed by atoms with Crippen molar-refractivity contribution in [1.29, 1.82) is 5.26 Å². The molecule has 1 aromatic carbocycles. The number of pyridine rings is 1. The third kappa shape index (κ3) is 1.18. The van der Waals surface area contributed by atoms with E-state index in [9.17, 15) is 5.11 Å². The van der Waals surface area contributed by atoms with Gasteiger partial charge in [-0.25, -0.2) is 0 Å². The van der Waals surface area contributed by atoms with Gasteiger partial charge in [0.2, 0.25) is 0 Å². The van der Waals surface area contributed by atoms with E-state index in [0.717, 1.165) is 5.39 Å². The summed E-state index contributed by atoms with van der Waals surface area (Å²) < 4.78 is 0. The zero-order chi connectivity index (χ0) is 9.26. The maximum atomic E-state index is 9.35. The highest BCUT2D eigenvalue weighted by atomic mass is 16.3. The van der Waals surface area contributed by atoms with Crippen molar-refractivity contribution < 1.29 is 5.11 Å². The topological polar surface area (TPSA) is 56.9 Å². The van der Waals surface area contributed by atoms with Crippen molar-refractivity contribution in [2.75, 3.05) is 0 Å². The quantitative estimate of drug-likeness (QED) is 0.656. The van der Waals surface area contributed by atoms with E-state index in [4.69, 9.17) is 5.26 Å². The van der Waals surface area contributed by atoms with E-state index in [0.29, 0.717) is 5.52 Å². The van der Waals surface area contributed by atoms with E-state index in [1.54, 1.807) is 18.3 Å². The zero-order valence-electron chi connectivity index (χ0n) is 6.73. The number of benzene rings is 1. The number of aromatic nitrogens is 1. The average molecular weight is 170 g/mol. The molecule has 0 fully saturated rings. The van der Waals surface area contributed by atoms with Gasteiger partial charge in [-0.1, -0.05) is 6.07 Å². The number of phenols is 1. The minimum atomic E-state index is -0.0197. The molecule has 0 aliphatic rings. The monoisotopic (exact) mass is 170 g/mol.